The van der Waals surface area contributed by atoms with E-state index in [0.717, 1.165) is 0 Å². The Balaban J connectivity index is 0. The van der Waals surface area contributed by atoms with Gasteiger partial charge in [-0.2, -0.15) is 0 Å². The third kappa shape index (κ3) is 9.28. The summed E-state index contributed by atoms with van der Waals surface area (Å²) >= 11 is 0. The normalized spacial score (nSPS) is 24.5. The van der Waals surface area contributed by atoms with Crippen LogP contribution in [0.15, 0.2) is 34.6 Å². The number of rotatable bonds is 6. The number of cyclic esters (lactones) is 3. The average molecular weight is 588 g/mol. The number of aliphatic hydroxyl groups is 9. The number of carbonyl (C=O) groups excluding carboxylic acids is 3. The van der Waals surface area contributed by atoms with Crippen LogP contribution in [0.5, 0.6) is 0 Å². The minimum Gasteiger partial charge on any atom is -0.870 e. The van der Waals surface area contributed by atoms with Crippen LogP contribution < -0.4 is 44.9 Å². The molecule has 20 heteroatoms. The molecule has 0 saturated heterocycles. The van der Waals surface area contributed by atoms with Crippen molar-refractivity contribution in [3.05, 3.63) is 34.6 Å². The van der Waals surface area contributed by atoms with Crippen LogP contribution in [-0.4, -0.2) is 158 Å². The predicted molar refractivity (Wildman–Crippen MR) is 104 cm³/mol. The van der Waals surface area contributed by atoms with Gasteiger partial charge in [0.25, 0.3) is 0 Å². The molecule has 9 N–H and O–H groups in total. The maximum Gasteiger partial charge on any atom is 2.00 e. The van der Waals surface area contributed by atoms with E-state index in [2.05, 4.69) is 14.2 Å². The zero-order chi connectivity index (χ0) is 27.9. The summed E-state index contributed by atoms with van der Waals surface area (Å²) in [6.45, 7) is -2.13. The van der Waals surface area contributed by atoms with Crippen molar-refractivity contribution in [3.63, 3.8) is 0 Å². The molecule has 6 atom stereocenters. The number of hydrogen-bond acceptors (Lipinski definition) is 18. The van der Waals surface area contributed by atoms with Gasteiger partial charge in [-0.3, -0.25) is 0 Å². The fraction of sp³-hybridized carbons (Fsp3) is 0.500. The average Bonchev–Trinajstić information content (AvgIpc) is 3.40. The molecule has 3 heterocycles. The fourth-order valence-corrected chi connectivity index (χ4v) is 2.43. The van der Waals surface area contributed by atoms with Crippen LogP contribution in [0.25, 0.3) is 0 Å². The Hall–Kier alpha value is -1.55. The molecular formula is C18H21CaNaO18. The molecule has 0 unspecified atom stereocenters. The van der Waals surface area contributed by atoms with Crippen LogP contribution in [-0.2, 0) is 28.6 Å². The Kier molecular flexibility index (Phi) is 17.5. The molecule has 0 fully saturated rings. The fourth-order valence-electron chi connectivity index (χ4n) is 2.43. The van der Waals surface area contributed by atoms with Crippen molar-refractivity contribution in [2.75, 3.05) is 19.8 Å². The Morgan fingerprint density at radius 2 is 0.763 bits per heavy atom. The minimum absolute atomic E-state index is 0. The van der Waals surface area contributed by atoms with Crippen molar-refractivity contribution in [2.24, 2.45) is 0 Å². The van der Waals surface area contributed by atoms with E-state index in [1.807, 2.05) is 0 Å². The summed E-state index contributed by atoms with van der Waals surface area (Å²) in [6.07, 6.45) is -8.85. The van der Waals surface area contributed by atoms with E-state index >= 15 is 0 Å². The molecule has 18 nitrogen and oxygen atoms in total. The standard InChI is InChI=1S/3C6H8O6.Ca.Na/c3*7-1-2(8)5-3(9)4(10)6(11)12-5;;/h3*2,5,7-10H,1H2;;/q;;;+2;+1/p-3/t3*2-,5+;;/m000../s1. The molecule has 0 amide bonds. The first kappa shape index (κ1) is 38.6. The summed E-state index contributed by atoms with van der Waals surface area (Å²) in [5.74, 6) is -9.61. The zero-order valence-electron chi connectivity index (χ0n) is 19.5. The summed E-state index contributed by atoms with van der Waals surface area (Å²) in [5.41, 5.74) is 0. The van der Waals surface area contributed by atoms with Gasteiger partial charge < -0.3 is 75.5 Å². The molecule has 3 aliphatic rings. The van der Waals surface area contributed by atoms with Crippen LogP contribution in [0.4, 0.5) is 0 Å². The largest absolute Gasteiger partial charge is 2.00 e. The predicted octanol–water partition coefficient (Wildman–Crippen LogP) is -11.2. The summed E-state index contributed by atoms with van der Waals surface area (Å²) < 4.78 is 12.8. The number of hydrogen-bond donors (Lipinski definition) is 9. The van der Waals surface area contributed by atoms with E-state index in [1.54, 1.807) is 0 Å². The van der Waals surface area contributed by atoms with Crippen molar-refractivity contribution in [1.29, 1.82) is 0 Å². The Bertz CT molecular complexity index is 829. The summed E-state index contributed by atoms with van der Waals surface area (Å²) in [4.78, 5) is 31.5. The van der Waals surface area contributed by atoms with Crippen LogP contribution in [0.1, 0.15) is 0 Å². The first-order valence-corrected chi connectivity index (χ1v) is 9.53. The van der Waals surface area contributed by atoms with Gasteiger partial charge in [0.1, 0.15) is 36.6 Å². The van der Waals surface area contributed by atoms with E-state index in [4.69, 9.17) is 46.0 Å². The van der Waals surface area contributed by atoms with E-state index in [-0.39, 0.29) is 67.3 Å². The molecule has 0 saturated carbocycles. The second kappa shape index (κ2) is 17.2. The maximum absolute atomic E-state index is 10.8. The van der Waals surface area contributed by atoms with E-state index < -0.39 is 109 Å². The molecule has 0 bridgehead atoms. The number of esters is 3. The van der Waals surface area contributed by atoms with Gasteiger partial charge >= 0.3 is 85.2 Å². The molecule has 38 heavy (non-hydrogen) atoms. The van der Waals surface area contributed by atoms with Gasteiger partial charge in [-0.1, -0.05) is 0 Å². The molecule has 204 valence electrons. The van der Waals surface area contributed by atoms with Crippen LogP contribution in [0.2, 0.25) is 0 Å². The third-order valence-corrected chi connectivity index (χ3v) is 4.37. The van der Waals surface area contributed by atoms with Gasteiger partial charge in [0.15, 0.2) is 17.3 Å². The maximum atomic E-state index is 10.8. The Morgan fingerprint density at radius 1 is 0.579 bits per heavy atom. The van der Waals surface area contributed by atoms with Gasteiger partial charge in [-0.25, -0.2) is 14.4 Å². The summed E-state index contributed by atoms with van der Waals surface area (Å²) in [7, 11) is 0. The summed E-state index contributed by atoms with van der Waals surface area (Å²) in [6, 6.07) is 0. The molecular weight excluding hydrogens is 567 g/mol. The monoisotopic (exact) mass is 588 g/mol. The quantitative estimate of drug-likeness (QED) is 0.0789. The zero-order valence-corrected chi connectivity index (χ0v) is 23.7. The minimum atomic E-state index is -1.48. The van der Waals surface area contributed by atoms with Gasteiger partial charge in [0.05, 0.1) is 19.8 Å². The van der Waals surface area contributed by atoms with E-state index in [0.29, 0.717) is 0 Å². The second-order valence-electron chi connectivity index (χ2n) is 6.87. The third-order valence-electron chi connectivity index (χ3n) is 4.37. The van der Waals surface area contributed by atoms with Crippen molar-refractivity contribution < 1.29 is 119 Å². The smallest absolute Gasteiger partial charge is 0.870 e. The van der Waals surface area contributed by atoms with Crippen LogP contribution in [0.3, 0.4) is 0 Å². The molecule has 0 radical (unpaired) electrons. The molecule has 0 spiro atoms. The van der Waals surface area contributed by atoms with Gasteiger partial charge in [-0.05, 0) is 17.3 Å². The van der Waals surface area contributed by atoms with Gasteiger partial charge in [0, 0.05) is 0 Å². The van der Waals surface area contributed by atoms with Crippen molar-refractivity contribution >= 4 is 55.6 Å². The number of aliphatic hydroxyl groups excluding tert-OH is 9. The number of carbonyl (C=O) groups is 3. The van der Waals surface area contributed by atoms with Crippen molar-refractivity contribution in [1.82, 2.24) is 0 Å². The first-order chi connectivity index (χ1) is 16.7. The SMILES string of the molecule is O=C1O[C@H]([C@@H](O)CO)C([O-])=C1O.O=C1O[C@H]([C@@H](O)CO)C([O-])=C1O.O=C1O[C@H]([C@@H](O)CO)C([O-])=C1O.[Ca+2].[Na+]. The van der Waals surface area contributed by atoms with E-state index in [1.165, 1.54) is 0 Å². The topological polar surface area (TPSA) is 330 Å². The van der Waals surface area contributed by atoms with Crippen LogP contribution in [0, 0.1) is 0 Å². The molecule has 0 aromatic heterocycles. The Morgan fingerprint density at radius 3 is 0.868 bits per heavy atom. The molecule has 0 aromatic rings. The Labute approximate surface area is 264 Å². The van der Waals surface area contributed by atoms with Crippen molar-refractivity contribution in [2.45, 2.75) is 36.6 Å². The molecule has 3 aliphatic heterocycles. The van der Waals surface area contributed by atoms with Gasteiger partial charge in [-0.15, -0.1) is 0 Å². The molecule has 3 rings (SSSR count). The number of ether oxygens (including phenoxy) is 3. The molecule has 0 aliphatic carbocycles. The second-order valence-corrected chi connectivity index (χ2v) is 6.87. The molecule has 0 aromatic carbocycles. The van der Waals surface area contributed by atoms with Crippen molar-refractivity contribution in [3.8, 4) is 0 Å². The first-order valence-electron chi connectivity index (χ1n) is 9.53. The van der Waals surface area contributed by atoms with E-state index in [9.17, 15) is 29.7 Å². The van der Waals surface area contributed by atoms with Gasteiger partial charge in [0.2, 0.25) is 0 Å². The van der Waals surface area contributed by atoms with Crippen LogP contribution >= 0.6 is 0 Å². The summed E-state index contributed by atoms with van der Waals surface area (Å²) in [5, 5.41) is 110.